The van der Waals surface area contributed by atoms with Crippen molar-refractivity contribution in [1.82, 2.24) is 9.88 Å². The van der Waals surface area contributed by atoms with E-state index in [1.165, 1.54) is 0 Å². The third-order valence-corrected chi connectivity index (χ3v) is 4.51. The number of aromatic nitrogens is 1. The summed E-state index contributed by atoms with van der Waals surface area (Å²) in [6.45, 7) is -0.418. The summed E-state index contributed by atoms with van der Waals surface area (Å²) in [5, 5.41) is 9.76. The number of benzene rings is 1. The third-order valence-electron chi connectivity index (χ3n) is 3.14. The number of thiocarbonyl (C=S) groups is 1. The van der Waals surface area contributed by atoms with Crippen molar-refractivity contribution in [3.05, 3.63) is 47.0 Å². The average Bonchev–Trinajstić information content (AvgIpc) is 2.75. The number of hydrogen-bond donors (Lipinski definition) is 1. The van der Waals surface area contributed by atoms with Crippen LogP contribution < -0.4 is 0 Å². The number of fused-ring (bicyclic) bond motifs is 1. The first-order valence-corrected chi connectivity index (χ1v) is 7.59. The molecule has 1 aromatic carbocycles. The zero-order valence-electron chi connectivity index (χ0n) is 11.2. The Labute approximate surface area is 135 Å². The van der Waals surface area contributed by atoms with Gasteiger partial charge in [0.1, 0.15) is 10.9 Å². The number of para-hydroxylation sites is 1. The van der Waals surface area contributed by atoms with Crippen LogP contribution in [0.25, 0.3) is 17.0 Å². The minimum Gasteiger partial charge on any atom is -0.480 e. The molecule has 2 heterocycles. The normalized spacial score (nSPS) is 16.7. The molecule has 3 rings (SSSR count). The Morgan fingerprint density at radius 1 is 1.36 bits per heavy atom. The lowest BCUT2D eigenvalue weighted by molar-refractivity contribution is -0.140. The molecule has 0 atom stereocenters. The lowest BCUT2D eigenvalue weighted by Crippen LogP contribution is -2.33. The largest absolute Gasteiger partial charge is 0.480 e. The second-order valence-electron chi connectivity index (χ2n) is 4.58. The van der Waals surface area contributed by atoms with Crippen molar-refractivity contribution in [3.63, 3.8) is 0 Å². The fraction of sp³-hybridized carbons (Fsp3) is 0.0667. The predicted molar refractivity (Wildman–Crippen MR) is 89.3 cm³/mol. The highest BCUT2D eigenvalue weighted by molar-refractivity contribution is 8.26. The number of hydrogen-bond acceptors (Lipinski definition) is 5. The van der Waals surface area contributed by atoms with Crippen molar-refractivity contribution in [2.24, 2.45) is 0 Å². The van der Waals surface area contributed by atoms with E-state index in [2.05, 4.69) is 4.98 Å². The van der Waals surface area contributed by atoms with Gasteiger partial charge in [0.15, 0.2) is 0 Å². The highest BCUT2D eigenvalue weighted by Crippen LogP contribution is 2.33. The van der Waals surface area contributed by atoms with Gasteiger partial charge in [-0.25, -0.2) is 0 Å². The summed E-state index contributed by atoms with van der Waals surface area (Å²) >= 11 is 6.19. The molecule has 1 fully saturated rings. The zero-order valence-corrected chi connectivity index (χ0v) is 12.9. The highest BCUT2D eigenvalue weighted by Gasteiger charge is 2.33. The van der Waals surface area contributed by atoms with Crippen LogP contribution in [-0.2, 0) is 9.59 Å². The van der Waals surface area contributed by atoms with Crippen molar-refractivity contribution in [2.75, 3.05) is 6.54 Å². The number of pyridine rings is 1. The van der Waals surface area contributed by atoms with E-state index in [9.17, 15) is 9.59 Å². The van der Waals surface area contributed by atoms with Gasteiger partial charge in [-0.05, 0) is 23.8 Å². The number of carboxylic acid groups (broad SMARTS) is 1. The number of nitrogens with zero attached hydrogens (tertiary/aromatic N) is 2. The second-order valence-corrected chi connectivity index (χ2v) is 6.25. The summed E-state index contributed by atoms with van der Waals surface area (Å²) in [4.78, 5) is 28.8. The van der Waals surface area contributed by atoms with Gasteiger partial charge in [0.2, 0.25) is 0 Å². The minimum atomic E-state index is -1.09. The number of carbonyl (C=O) groups excluding carboxylic acids is 1. The van der Waals surface area contributed by atoms with Crippen molar-refractivity contribution in [1.29, 1.82) is 0 Å². The Kier molecular flexibility index (Phi) is 3.91. The van der Waals surface area contributed by atoms with E-state index in [1.54, 1.807) is 12.3 Å². The van der Waals surface area contributed by atoms with Crippen LogP contribution in [-0.4, -0.2) is 37.7 Å². The highest BCUT2D eigenvalue weighted by atomic mass is 32.2. The molecule has 0 radical (unpaired) electrons. The summed E-state index contributed by atoms with van der Waals surface area (Å²) in [5.74, 6) is -1.47. The van der Waals surface area contributed by atoms with Crippen LogP contribution in [0.5, 0.6) is 0 Å². The van der Waals surface area contributed by atoms with Gasteiger partial charge in [0.05, 0.1) is 10.4 Å². The van der Waals surface area contributed by atoms with Crippen LogP contribution in [0.3, 0.4) is 0 Å². The van der Waals surface area contributed by atoms with E-state index in [4.69, 9.17) is 17.3 Å². The van der Waals surface area contributed by atoms with E-state index < -0.39 is 12.5 Å². The maximum absolute atomic E-state index is 12.3. The monoisotopic (exact) mass is 330 g/mol. The van der Waals surface area contributed by atoms with Crippen LogP contribution in [0, 0.1) is 0 Å². The molecule has 0 bridgehead atoms. The number of amides is 1. The SMILES string of the molecule is O=C(O)CN1C(=O)/C(=C\c2ccnc3ccccc23)SC1=S. The van der Waals surface area contributed by atoms with Gasteiger partial charge in [-0.1, -0.05) is 42.2 Å². The van der Waals surface area contributed by atoms with Crippen LogP contribution in [0.15, 0.2) is 41.4 Å². The molecule has 0 spiro atoms. The van der Waals surface area contributed by atoms with Crippen molar-refractivity contribution in [3.8, 4) is 0 Å². The number of rotatable bonds is 3. The molecule has 2 aromatic rings. The predicted octanol–water partition coefficient (Wildman–Crippen LogP) is 2.52. The zero-order chi connectivity index (χ0) is 15.7. The first-order valence-electron chi connectivity index (χ1n) is 6.37. The number of carboxylic acids is 1. The molecule has 1 saturated heterocycles. The average molecular weight is 330 g/mol. The molecule has 22 heavy (non-hydrogen) atoms. The molecule has 0 saturated carbocycles. The van der Waals surface area contributed by atoms with E-state index >= 15 is 0 Å². The fourth-order valence-corrected chi connectivity index (χ4v) is 3.40. The molecule has 0 unspecified atom stereocenters. The Balaban J connectivity index is 2.00. The first kappa shape index (κ1) is 14.7. The molecule has 1 amide bonds. The quantitative estimate of drug-likeness (QED) is 0.689. The number of thioether (sulfide) groups is 1. The van der Waals surface area contributed by atoms with Crippen LogP contribution in [0.2, 0.25) is 0 Å². The summed E-state index contributed by atoms with van der Waals surface area (Å²) in [6, 6.07) is 9.42. The summed E-state index contributed by atoms with van der Waals surface area (Å²) < 4.78 is 0.261. The van der Waals surface area contributed by atoms with Gasteiger partial charge in [-0.15, -0.1) is 0 Å². The van der Waals surface area contributed by atoms with Gasteiger partial charge in [-0.3, -0.25) is 19.5 Å². The van der Waals surface area contributed by atoms with Gasteiger partial charge in [-0.2, -0.15) is 0 Å². The van der Waals surface area contributed by atoms with Crippen LogP contribution in [0.1, 0.15) is 5.56 Å². The van der Waals surface area contributed by atoms with E-state index in [1.807, 2.05) is 30.3 Å². The fourth-order valence-electron chi connectivity index (χ4n) is 2.16. The molecule has 0 aliphatic carbocycles. The van der Waals surface area contributed by atoms with E-state index in [0.29, 0.717) is 4.91 Å². The van der Waals surface area contributed by atoms with E-state index in [0.717, 1.165) is 33.1 Å². The van der Waals surface area contributed by atoms with Gasteiger partial charge in [0, 0.05) is 11.6 Å². The maximum atomic E-state index is 12.3. The molecule has 5 nitrogen and oxygen atoms in total. The van der Waals surface area contributed by atoms with E-state index in [-0.39, 0.29) is 10.2 Å². The van der Waals surface area contributed by atoms with Crippen molar-refractivity contribution >= 4 is 57.2 Å². The number of carbonyl (C=O) groups is 2. The standard InChI is InChI=1S/C15H10N2O3S2/c18-13(19)8-17-14(20)12(22-15(17)21)7-9-5-6-16-11-4-2-1-3-10(9)11/h1-7H,8H2,(H,18,19)/b12-7+. The third kappa shape index (κ3) is 2.72. The van der Waals surface area contributed by atoms with Crippen molar-refractivity contribution in [2.45, 2.75) is 0 Å². The summed E-state index contributed by atoms with van der Waals surface area (Å²) in [5.41, 5.74) is 1.68. The smallest absolute Gasteiger partial charge is 0.323 e. The Hall–Kier alpha value is -2.25. The summed E-state index contributed by atoms with van der Waals surface area (Å²) in [7, 11) is 0. The molecular formula is C15H10N2O3S2. The second kappa shape index (κ2) is 5.86. The number of aliphatic carboxylic acids is 1. The Morgan fingerprint density at radius 3 is 2.91 bits per heavy atom. The van der Waals surface area contributed by atoms with Gasteiger partial charge >= 0.3 is 5.97 Å². The molecule has 1 aliphatic heterocycles. The molecule has 7 heteroatoms. The molecular weight excluding hydrogens is 320 g/mol. The lowest BCUT2D eigenvalue weighted by Gasteiger charge is -2.10. The minimum absolute atomic E-state index is 0.261. The Morgan fingerprint density at radius 2 is 2.14 bits per heavy atom. The van der Waals surface area contributed by atoms with Gasteiger partial charge in [0.25, 0.3) is 5.91 Å². The molecule has 1 N–H and O–H groups in total. The molecule has 110 valence electrons. The molecule has 1 aliphatic rings. The topological polar surface area (TPSA) is 70.5 Å². The van der Waals surface area contributed by atoms with Crippen LogP contribution in [0.4, 0.5) is 0 Å². The van der Waals surface area contributed by atoms with Crippen molar-refractivity contribution < 1.29 is 14.7 Å². The van der Waals surface area contributed by atoms with Crippen LogP contribution >= 0.6 is 24.0 Å². The maximum Gasteiger partial charge on any atom is 0.323 e. The lowest BCUT2D eigenvalue weighted by atomic mass is 10.1. The summed E-state index contributed by atoms with van der Waals surface area (Å²) in [6.07, 6.45) is 3.40. The van der Waals surface area contributed by atoms with Gasteiger partial charge < -0.3 is 5.11 Å². The first-order chi connectivity index (χ1) is 10.6. The Bertz CT molecular complexity index is 827. The molecule has 1 aromatic heterocycles.